The third kappa shape index (κ3) is 2.90. The van der Waals surface area contributed by atoms with Gasteiger partial charge in [0.05, 0.1) is 4.99 Å². The van der Waals surface area contributed by atoms with E-state index in [1.165, 1.54) is 31.7 Å². The lowest BCUT2D eigenvalue weighted by Crippen LogP contribution is -2.47. The molecule has 4 heteroatoms. The molecule has 0 amide bonds. The molecule has 92 valence electrons. The van der Waals surface area contributed by atoms with E-state index >= 15 is 0 Å². The molecule has 2 N–H and O–H groups in total. The number of thioether (sulfide) groups is 1. The van der Waals surface area contributed by atoms with Crippen molar-refractivity contribution in [2.45, 2.75) is 44.4 Å². The fourth-order valence-corrected chi connectivity index (χ4v) is 4.06. The van der Waals surface area contributed by atoms with Crippen molar-refractivity contribution in [1.29, 1.82) is 0 Å². The summed E-state index contributed by atoms with van der Waals surface area (Å²) in [7, 11) is 0. The van der Waals surface area contributed by atoms with Crippen molar-refractivity contribution in [3.63, 3.8) is 0 Å². The molecule has 2 unspecified atom stereocenters. The van der Waals surface area contributed by atoms with Crippen molar-refractivity contribution in [3.8, 4) is 0 Å². The van der Waals surface area contributed by atoms with Crippen LogP contribution < -0.4 is 5.73 Å². The van der Waals surface area contributed by atoms with Crippen LogP contribution in [0.25, 0.3) is 0 Å². The second-order valence-electron chi connectivity index (χ2n) is 5.43. The van der Waals surface area contributed by atoms with Crippen molar-refractivity contribution in [1.82, 2.24) is 4.90 Å². The van der Waals surface area contributed by atoms with Crippen molar-refractivity contribution >= 4 is 29.0 Å². The van der Waals surface area contributed by atoms with E-state index in [1.54, 1.807) is 0 Å². The molecule has 0 radical (unpaired) electrons. The summed E-state index contributed by atoms with van der Waals surface area (Å²) in [5, 5.41) is 0.759. The molecule has 2 aliphatic rings. The summed E-state index contributed by atoms with van der Waals surface area (Å²) < 4.78 is 0. The molecule has 2 atom stereocenters. The molecule has 1 aliphatic carbocycles. The summed E-state index contributed by atoms with van der Waals surface area (Å²) in [5.74, 6) is 1.27. The fraction of sp³-hybridized carbons (Fsp3) is 0.917. The zero-order chi connectivity index (χ0) is 11.8. The van der Waals surface area contributed by atoms with Crippen LogP contribution in [0.5, 0.6) is 0 Å². The molecule has 1 heterocycles. The minimum absolute atomic E-state index is 0.446. The molecule has 0 spiro atoms. The Hall–Kier alpha value is 0.200. The first-order valence-corrected chi connectivity index (χ1v) is 7.62. The van der Waals surface area contributed by atoms with Gasteiger partial charge in [0.1, 0.15) is 0 Å². The Bertz CT molecular complexity index is 276. The third-order valence-corrected chi connectivity index (χ3v) is 5.54. The van der Waals surface area contributed by atoms with Crippen molar-refractivity contribution in [2.24, 2.45) is 11.1 Å². The van der Waals surface area contributed by atoms with E-state index in [0.717, 1.165) is 11.7 Å². The summed E-state index contributed by atoms with van der Waals surface area (Å²) in [4.78, 5) is 3.34. The zero-order valence-corrected chi connectivity index (χ0v) is 11.9. The molecule has 1 saturated carbocycles. The molecule has 1 saturated heterocycles. The first-order valence-electron chi connectivity index (χ1n) is 6.16. The zero-order valence-electron chi connectivity index (χ0n) is 10.2. The number of hydrogen-bond acceptors (Lipinski definition) is 3. The highest BCUT2D eigenvalue weighted by atomic mass is 32.2. The van der Waals surface area contributed by atoms with Crippen LogP contribution in [0.2, 0.25) is 0 Å². The molecule has 2 nitrogen and oxygen atoms in total. The van der Waals surface area contributed by atoms with Crippen LogP contribution in [0.1, 0.15) is 33.1 Å². The lowest BCUT2D eigenvalue weighted by atomic mass is 10.0. The van der Waals surface area contributed by atoms with Gasteiger partial charge in [0.2, 0.25) is 0 Å². The second-order valence-corrected chi connectivity index (χ2v) is 7.44. The minimum Gasteiger partial charge on any atom is -0.393 e. The van der Waals surface area contributed by atoms with Gasteiger partial charge in [-0.05, 0) is 25.2 Å². The first-order chi connectivity index (χ1) is 7.52. The first kappa shape index (κ1) is 12.7. The van der Waals surface area contributed by atoms with Gasteiger partial charge in [0.25, 0.3) is 0 Å². The summed E-state index contributed by atoms with van der Waals surface area (Å²) in [6, 6.07) is 0.697. The van der Waals surface area contributed by atoms with E-state index in [-0.39, 0.29) is 0 Å². The second kappa shape index (κ2) is 4.83. The van der Waals surface area contributed by atoms with Gasteiger partial charge in [-0.25, -0.2) is 0 Å². The minimum atomic E-state index is 0.446. The monoisotopic (exact) mass is 258 g/mol. The molecule has 0 aromatic rings. The maximum absolute atomic E-state index is 5.69. The molecule has 1 aliphatic heterocycles. The van der Waals surface area contributed by atoms with Crippen molar-refractivity contribution in [3.05, 3.63) is 0 Å². The van der Waals surface area contributed by atoms with E-state index in [1.807, 2.05) is 0 Å². The summed E-state index contributed by atoms with van der Waals surface area (Å²) in [6.45, 7) is 7.13. The average molecular weight is 258 g/mol. The molecule has 0 aromatic heterocycles. The van der Waals surface area contributed by atoms with Crippen LogP contribution in [0.15, 0.2) is 0 Å². The van der Waals surface area contributed by atoms with Gasteiger partial charge in [-0.1, -0.05) is 19.1 Å². The van der Waals surface area contributed by atoms with Crippen LogP contribution in [0.3, 0.4) is 0 Å². The van der Waals surface area contributed by atoms with Crippen molar-refractivity contribution in [2.75, 3.05) is 18.8 Å². The van der Waals surface area contributed by atoms with Gasteiger partial charge < -0.3 is 5.73 Å². The summed E-state index contributed by atoms with van der Waals surface area (Å²) >= 11 is 7.16. The number of hydrogen-bond donors (Lipinski definition) is 1. The van der Waals surface area contributed by atoms with Crippen LogP contribution in [-0.2, 0) is 0 Å². The lowest BCUT2D eigenvalue weighted by Gasteiger charge is -2.39. The summed E-state index contributed by atoms with van der Waals surface area (Å²) in [6.07, 6.45) is 3.58. The standard InChI is InChI=1S/C12H22N2S2/c1-9-10(2)16-6-5-14(9)8-12(3-4-12)7-11(13)15/h9-10H,3-8H2,1-2H3,(H2,13,15). The smallest absolute Gasteiger partial charge is 0.0733 e. The molecule has 16 heavy (non-hydrogen) atoms. The molecular formula is C12H22N2S2. The Morgan fingerprint density at radius 3 is 2.75 bits per heavy atom. The highest BCUT2D eigenvalue weighted by Crippen LogP contribution is 2.50. The number of rotatable bonds is 4. The predicted molar refractivity (Wildman–Crippen MR) is 76.0 cm³/mol. The average Bonchev–Trinajstić information content (AvgIpc) is 2.92. The van der Waals surface area contributed by atoms with Gasteiger partial charge in [-0.2, -0.15) is 11.8 Å². The van der Waals surface area contributed by atoms with Gasteiger partial charge in [-0.3, -0.25) is 4.90 Å². The molecule has 2 fully saturated rings. The maximum atomic E-state index is 5.69. The Morgan fingerprint density at radius 1 is 1.50 bits per heavy atom. The Morgan fingerprint density at radius 2 is 2.19 bits per heavy atom. The van der Waals surface area contributed by atoms with Crippen LogP contribution >= 0.6 is 24.0 Å². The van der Waals surface area contributed by atoms with Gasteiger partial charge in [0, 0.05) is 36.6 Å². The molecular weight excluding hydrogens is 236 g/mol. The van der Waals surface area contributed by atoms with Crippen LogP contribution in [0, 0.1) is 5.41 Å². The highest BCUT2D eigenvalue weighted by molar-refractivity contribution is 8.00. The number of nitrogens with zero attached hydrogens (tertiary/aromatic N) is 1. The quantitative estimate of drug-likeness (QED) is 0.783. The topological polar surface area (TPSA) is 29.3 Å². The Kier molecular flexibility index (Phi) is 3.82. The Balaban J connectivity index is 1.91. The summed E-state index contributed by atoms with van der Waals surface area (Å²) in [5.41, 5.74) is 6.14. The van der Waals surface area contributed by atoms with Gasteiger partial charge in [0.15, 0.2) is 0 Å². The molecule has 0 bridgehead atoms. The Labute approximate surface area is 108 Å². The third-order valence-electron chi connectivity index (χ3n) is 4.06. The lowest BCUT2D eigenvalue weighted by molar-refractivity contribution is 0.173. The van der Waals surface area contributed by atoms with E-state index in [2.05, 4.69) is 30.5 Å². The molecule has 0 aromatic carbocycles. The SMILES string of the molecule is CC1SCCN(CC2(CC(N)=S)CC2)C1C. The van der Waals surface area contributed by atoms with E-state index in [9.17, 15) is 0 Å². The predicted octanol–water partition coefficient (Wildman–Crippen LogP) is 2.27. The largest absolute Gasteiger partial charge is 0.393 e. The van der Waals surface area contributed by atoms with Gasteiger partial charge >= 0.3 is 0 Å². The number of nitrogens with two attached hydrogens (primary N) is 1. The molecule has 2 rings (SSSR count). The maximum Gasteiger partial charge on any atom is 0.0733 e. The van der Waals surface area contributed by atoms with Crippen LogP contribution in [-0.4, -0.2) is 40.0 Å². The van der Waals surface area contributed by atoms with E-state index in [0.29, 0.717) is 16.4 Å². The normalized spacial score (nSPS) is 33.6. The van der Waals surface area contributed by atoms with E-state index in [4.69, 9.17) is 18.0 Å². The van der Waals surface area contributed by atoms with Crippen LogP contribution in [0.4, 0.5) is 0 Å². The number of thiocarbonyl (C=S) groups is 1. The van der Waals surface area contributed by atoms with Crippen molar-refractivity contribution < 1.29 is 0 Å². The van der Waals surface area contributed by atoms with Gasteiger partial charge in [-0.15, -0.1) is 0 Å². The van der Waals surface area contributed by atoms with E-state index < -0.39 is 0 Å². The highest BCUT2D eigenvalue weighted by Gasteiger charge is 2.45. The fourth-order valence-electron chi connectivity index (χ4n) is 2.59.